The molecular formula is C24H21BrN4O5. The largest absolute Gasteiger partial charge is 0.482 e. The highest BCUT2D eigenvalue weighted by molar-refractivity contribution is 9.10. The Morgan fingerprint density at radius 2 is 1.82 bits per heavy atom. The van der Waals surface area contributed by atoms with Crippen LogP contribution >= 0.6 is 15.9 Å². The monoisotopic (exact) mass is 524 g/mol. The van der Waals surface area contributed by atoms with E-state index in [-0.39, 0.29) is 18.0 Å². The first kappa shape index (κ1) is 24.6. The van der Waals surface area contributed by atoms with Crippen molar-refractivity contribution in [1.82, 2.24) is 10.7 Å². The van der Waals surface area contributed by atoms with E-state index in [1.54, 1.807) is 30.3 Å². The Balaban J connectivity index is 1.59. The molecule has 10 heteroatoms. The molecule has 1 unspecified atom stereocenters. The molecule has 0 aliphatic carbocycles. The van der Waals surface area contributed by atoms with E-state index in [1.807, 2.05) is 30.3 Å². The van der Waals surface area contributed by atoms with Crippen LogP contribution in [-0.2, 0) is 11.4 Å². The average molecular weight is 525 g/mol. The van der Waals surface area contributed by atoms with Crippen LogP contribution in [0.25, 0.3) is 0 Å². The summed E-state index contributed by atoms with van der Waals surface area (Å²) in [5.41, 5.74) is 3.76. The Hall–Kier alpha value is -4.05. The minimum absolute atomic E-state index is 0.124. The van der Waals surface area contributed by atoms with E-state index >= 15 is 0 Å². The second-order valence-electron chi connectivity index (χ2n) is 7.17. The maximum Gasteiger partial charge on any atom is 0.311 e. The molecule has 0 saturated heterocycles. The van der Waals surface area contributed by atoms with E-state index in [0.29, 0.717) is 15.6 Å². The van der Waals surface area contributed by atoms with Gasteiger partial charge in [-0.05, 0) is 52.7 Å². The first-order valence-corrected chi connectivity index (χ1v) is 11.0. The zero-order chi connectivity index (χ0) is 24.5. The molecule has 0 aromatic heterocycles. The van der Waals surface area contributed by atoms with Crippen LogP contribution in [0.3, 0.4) is 0 Å². The van der Waals surface area contributed by atoms with Gasteiger partial charge in [0, 0.05) is 16.1 Å². The highest BCUT2D eigenvalue weighted by atomic mass is 79.9. The topological polar surface area (TPSA) is 123 Å². The summed E-state index contributed by atoms with van der Waals surface area (Å²) >= 11 is 3.29. The number of rotatable bonds is 9. The number of halogens is 1. The van der Waals surface area contributed by atoms with Crippen molar-refractivity contribution in [2.45, 2.75) is 19.6 Å². The number of nitrogens with zero attached hydrogens (tertiary/aromatic N) is 2. The summed E-state index contributed by atoms with van der Waals surface area (Å²) < 4.78 is 6.20. The van der Waals surface area contributed by atoms with Crippen LogP contribution in [0.15, 0.2) is 82.4 Å². The van der Waals surface area contributed by atoms with Gasteiger partial charge in [-0.1, -0.05) is 42.5 Å². The Morgan fingerprint density at radius 3 is 2.53 bits per heavy atom. The summed E-state index contributed by atoms with van der Waals surface area (Å²) in [5, 5.41) is 17.9. The number of hydrogen-bond acceptors (Lipinski definition) is 6. The second-order valence-corrected chi connectivity index (χ2v) is 8.02. The minimum atomic E-state index is -0.861. The summed E-state index contributed by atoms with van der Waals surface area (Å²) in [6.45, 7) is 1.71. The summed E-state index contributed by atoms with van der Waals surface area (Å²) in [6.07, 6.45) is 1.27. The van der Waals surface area contributed by atoms with Gasteiger partial charge in [0.05, 0.1) is 16.7 Å². The fourth-order valence-electron chi connectivity index (χ4n) is 2.87. The second kappa shape index (κ2) is 11.7. The number of carbonyl (C=O) groups is 2. The van der Waals surface area contributed by atoms with Crippen LogP contribution in [0, 0.1) is 10.1 Å². The molecule has 2 N–H and O–H groups in total. The zero-order valence-electron chi connectivity index (χ0n) is 18.1. The first-order chi connectivity index (χ1) is 16.3. The fraction of sp³-hybridized carbons (Fsp3) is 0.125. The lowest BCUT2D eigenvalue weighted by molar-refractivity contribution is -0.385. The number of ether oxygens (including phenoxy) is 1. The third kappa shape index (κ3) is 6.72. The van der Waals surface area contributed by atoms with Gasteiger partial charge in [0.25, 0.3) is 11.8 Å². The Labute approximate surface area is 204 Å². The van der Waals surface area contributed by atoms with Gasteiger partial charge in [-0.2, -0.15) is 5.10 Å². The predicted octanol–water partition coefficient (Wildman–Crippen LogP) is 4.20. The van der Waals surface area contributed by atoms with Gasteiger partial charge in [-0.3, -0.25) is 19.7 Å². The van der Waals surface area contributed by atoms with Gasteiger partial charge in [0.1, 0.15) is 12.6 Å². The fourth-order valence-corrected chi connectivity index (χ4v) is 3.33. The highest BCUT2D eigenvalue weighted by Gasteiger charge is 2.18. The molecule has 0 saturated carbocycles. The zero-order valence-corrected chi connectivity index (χ0v) is 19.7. The molecule has 2 amide bonds. The normalized spacial score (nSPS) is 11.6. The molecule has 9 nitrogen and oxygen atoms in total. The third-order valence-corrected chi connectivity index (χ3v) is 5.36. The van der Waals surface area contributed by atoms with E-state index < -0.39 is 22.8 Å². The third-order valence-electron chi connectivity index (χ3n) is 4.66. The Morgan fingerprint density at radius 1 is 1.12 bits per heavy atom. The molecule has 0 spiro atoms. The number of hydrazone groups is 1. The van der Waals surface area contributed by atoms with Crippen molar-refractivity contribution >= 4 is 39.6 Å². The minimum Gasteiger partial charge on any atom is -0.482 e. The van der Waals surface area contributed by atoms with Crippen molar-refractivity contribution in [2.75, 3.05) is 0 Å². The summed E-state index contributed by atoms with van der Waals surface area (Å²) in [4.78, 5) is 35.5. The number of nitrogens with one attached hydrogen (secondary N) is 2. The molecule has 0 heterocycles. The lowest BCUT2D eigenvalue weighted by Gasteiger charge is -2.12. The number of nitro benzene ring substituents is 1. The first-order valence-electron chi connectivity index (χ1n) is 10.2. The maximum atomic E-state index is 12.3. The van der Waals surface area contributed by atoms with E-state index in [4.69, 9.17) is 4.74 Å². The summed E-state index contributed by atoms with van der Waals surface area (Å²) in [6, 6.07) is 19.6. The van der Waals surface area contributed by atoms with Crippen molar-refractivity contribution in [1.29, 1.82) is 0 Å². The summed E-state index contributed by atoms with van der Waals surface area (Å²) in [5.74, 6) is -0.840. The van der Waals surface area contributed by atoms with E-state index in [9.17, 15) is 19.7 Å². The van der Waals surface area contributed by atoms with Gasteiger partial charge in [-0.15, -0.1) is 0 Å². The van der Waals surface area contributed by atoms with Crippen LogP contribution in [0.4, 0.5) is 5.69 Å². The number of benzene rings is 3. The lowest BCUT2D eigenvalue weighted by atomic mass is 10.2. The van der Waals surface area contributed by atoms with Crippen molar-refractivity contribution in [3.63, 3.8) is 0 Å². The van der Waals surface area contributed by atoms with Gasteiger partial charge in [0.2, 0.25) is 0 Å². The van der Waals surface area contributed by atoms with Crippen LogP contribution in [0.5, 0.6) is 5.75 Å². The molecule has 3 rings (SSSR count). The molecule has 0 fully saturated rings. The molecule has 0 bridgehead atoms. The van der Waals surface area contributed by atoms with Gasteiger partial charge >= 0.3 is 5.69 Å². The van der Waals surface area contributed by atoms with Crippen molar-refractivity contribution in [3.05, 3.63) is 104 Å². The SMILES string of the molecule is CC(NC(=O)c1ccccc1Br)C(=O)NN=Cc1ccc(OCc2ccccc2)c([N+](=O)[O-])c1. The van der Waals surface area contributed by atoms with Crippen LogP contribution in [0.2, 0.25) is 0 Å². The number of carbonyl (C=O) groups excluding carboxylic acids is 2. The van der Waals surface area contributed by atoms with Gasteiger partial charge < -0.3 is 10.1 Å². The van der Waals surface area contributed by atoms with Crippen molar-refractivity contribution in [2.24, 2.45) is 5.10 Å². The standard InChI is InChI=1S/C24H21BrN4O5/c1-16(27-24(31)19-9-5-6-10-20(19)25)23(30)28-26-14-18-11-12-22(21(13-18)29(32)33)34-15-17-7-3-2-4-8-17/h2-14,16H,15H2,1H3,(H,27,31)(H,28,30). The number of hydrogen-bond donors (Lipinski definition) is 2. The number of amides is 2. The van der Waals surface area contributed by atoms with Crippen LogP contribution in [-0.4, -0.2) is 29.0 Å². The Kier molecular flexibility index (Phi) is 8.47. The molecule has 3 aromatic rings. The van der Waals surface area contributed by atoms with Gasteiger partial charge in [0.15, 0.2) is 5.75 Å². The Bertz CT molecular complexity index is 1220. The molecule has 1 atom stereocenters. The molecule has 3 aromatic carbocycles. The average Bonchev–Trinajstić information content (AvgIpc) is 2.83. The van der Waals surface area contributed by atoms with Gasteiger partial charge in [-0.25, -0.2) is 5.43 Å². The predicted molar refractivity (Wildman–Crippen MR) is 131 cm³/mol. The molecular weight excluding hydrogens is 504 g/mol. The molecule has 0 radical (unpaired) electrons. The molecule has 0 aliphatic heterocycles. The van der Waals surface area contributed by atoms with Crippen molar-refractivity contribution < 1.29 is 19.2 Å². The molecule has 0 aliphatic rings. The van der Waals surface area contributed by atoms with Crippen LogP contribution < -0.4 is 15.5 Å². The maximum absolute atomic E-state index is 12.3. The quantitative estimate of drug-likeness (QED) is 0.246. The summed E-state index contributed by atoms with van der Waals surface area (Å²) in [7, 11) is 0. The molecule has 174 valence electrons. The smallest absolute Gasteiger partial charge is 0.311 e. The highest BCUT2D eigenvalue weighted by Crippen LogP contribution is 2.28. The molecule has 34 heavy (non-hydrogen) atoms. The van der Waals surface area contributed by atoms with E-state index in [0.717, 1.165) is 5.56 Å². The number of nitro groups is 1. The lowest BCUT2D eigenvalue weighted by Crippen LogP contribution is -2.43. The van der Waals surface area contributed by atoms with Crippen LogP contribution in [0.1, 0.15) is 28.4 Å². The van der Waals surface area contributed by atoms with E-state index in [2.05, 4.69) is 31.8 Å². The van der Waals surface area contributed by atoms with Crippen molar-refractivity contribution in [3.8, 4) is 5.75 Å². The van der Waals surface area contributed by atoms with E-state index in [1.165, 1.54) is 25.3 Å².